The fraction of sp³-hybridized carbons (Fsp3) is 0.200. The van der Waals surface area contributed by atoms with Crippen LogP contribution in [0.2, 0.25) is 0 Å². The largest absolute Gasteiger partial charge is 0.244 e. The lowest BCUT2D eigenvalue weighted by Crippen LogP contribution is -2.07. The molecule has 0 spiro atoms. The highest BCUT2D eigenvalue weighted by atomic mass is 35.5. The van der Waals surface area contributed by atoms with E-state index in [9.17, 15) is 8.78 Å². The fourth-order valence-electron chi connectivity index (χ4n) is 1.35. The van der Waals surface area contributed by atoms with Crippen LogP contribution in [0.5, 0.6) is 0 Å². The first-order chi connectivity index (χ1) is 7.70. The molecule has 0 bridgehead atoms. The van der Waals surface area contributed by atoms with Crippen molar-refractivity contribution in [3.63, 3.8) is 0 Å². The Morgan fingerprint density at radius 3 is 2.88 bits per heavy atom. The van der Waals surface area contributed by atoms with Gasteiger partial charge < -0.3 is 0 Å². The summed E-state index contributed by atoms with van der Waals surface area (Å²) in [5.74, 6) is -0.261. The Morgan fingerprint density at radius 2 is 2.12 bits per heavy atom. The van der Waals surface area contributed by atoms with E-state index in [4.69, 9.17) is 11.6 Å². The third kappa shape index (κ3) is 2.19. The molecule has 16 heavy (non-hydrogen) atoms. The first kappa shape index (κ1) is 11.0. The summed E-state index contributed by atoms with van der Waals surface area (Å²) in [5.41, 5.74) is 0.219. The maximum Gasteiger partial charge on any atom is 0.142 e. The van der Waals surface area contributed by atoms with E-state index in [1.54, 1.807) is 0 Å². The monoisotopic (exact) mass is 243 g/mol. The lowest BCUT2D eigenvalue weighted by atomic mass is 10.2. The molecular formula is C10H8ClF2N3. The number of hydrogen-bond acceptors (Lipinski definition) is 2. The number of nitrogens with zero attached hydrogens (tertiary/aromatic N) is 3. The Balaban J connectivity index is 2.30. The van der Waals surface area contributed by atoms with E-state index in [1.807, 2.05) is 0 Å². The molecule has 0 saturated carbocycles. The Labute approximate surface area is 95.7 Å². The molecule has 0 atom stereocenters. The molecule has 6 heteroatoms. The summed E-state index contributed by atoms with van der Waals surface area (Å²) in [4.78, 5) is 3.89. The van der Waals surface area contributed by atoms with E-state index in [0.29, 0.717) is 5.82 Å². The molecule has 2 rings (SSSR count). The molecule has 0 fully saturated rings. The van der Waals surface area contributed by atoms with Crippen molar-refractivity contribution in [3.8, 4) is 0 Å². The van der Waals surface area contributed by atoms with Crippen LogP contribution in [0.3, 0.4) is 0 Å². The van der Waals surface area contributed by atoms with E-state index in [-0.39, 0.29) is 18.0 Å². The second-order valence-electron chi connectivity index (χ2n) is 3.20. The van der Waals surface area contributed by atoms with Gasteiger partial charge in [0.15, 0.2) is 0 Å². The number of rotatable bonds is 3. The van der Waals surface area contributed by atoms with Gasteiger partial charge in [-0.1, -0.05) is 0 Å². The zero-order valence-corrected chi connectivity index (χ0v) is 8.96. The molecule has 2 aromatic rings. The van der Waals surface area contributed by atoms with Crippen LogP contribution in [0.4, 0.5) is 8.78 Å². The van der Waals surface area contributed by atoms with Crippen molar-refractivity contribution < 1.29 is 8.78 Å². The normalized spacial score (nSPS) is 10.7. The first-order valence-electron chi connectivity index (χ1n) is 4.57. The molecule has 0 aliphatic carbocycles. The van der Waals surface area contributed by atoms with Crippen molar-refractivity contribution in [3.05, 3.63) is 47.5 Å². The SMILES string of the molecule is Fc1ccc(F)c(Cn2ncnc2CCl)c1. The molecule has 0 aliphatic heterocycles. The van der Waals surface area contributed by atoms with E-state index in [1.165, 1.54) is 11.0 Å². The average molecular weight is 244 g/mol. The molecule has 84 valence electrons. The standard InChI is InChI=1S/C10H8ClF2N3/c11-4-10-14-6-15-16(10)5-7-3-8(12)1-2-9(7)13/h1-3,6H,4-5H2. The van der Waals surface area contributed by atoms with Gasteiger partial charge >= 0.3 is 0 Å². The smallest absolute Gasteiger partial charge is 0.142 e. The summed E-state index contributed by atoms with van der Waals surface area (Å²) in [6.45, 7) is 0.117. The summed E-state index contributed by atoms with van der Waals surface area (Å²) in [7, 11) is 0. The minimum Gasteiger partial charge on any atom is -0.244 e. The molecule has 0 radical (unpaired) electrons. The van der Waals surface area contributed by atoms with E-state index in [2.05, 4.69) is 10.1 Å². The van der Waals surface area contributed by atoms with Crippen molar-refractivity contribution >= 4 is 11.6 Å². The first-order valence-corrected chi connectivity index (χ1v) is 5.10. The summed E-state index contributed by atoms with van der Waals surface area (Å²) in [6.07, 6.45) is 1.33. The predicted octanol–water partition coefficient (Wildman–Crippen LogP) is 2.34. The van der Waals surface area contributed by atoms with E-state index < -0.39 is 11.6 Å². The molecular weight excluding hydrogens is 236 g/mol. The molecule has 0 aliphatic rings. The minimum atomic E-state index is -0.482. The average Bonchev–Trinajstić information content (AvgIpc) is 2.71. The van der Waals surface area contributed by atoms with E-state index >= 15 is 0 Å². The highest BCUT2D eigenvalue weighted by molar-refractivity contribution is 6.16. The van der Waals surface area contributed by atoms with Crippen LogP contribution in [0.15, 0.2) is 24.5 Å². The van der Waals surface area contributed by atoms with Crippen LogP contribution in [-0.2, 0) is 12.4 Å². The lowest BCUT2D eigenvalue weighted by Gasteiger charge is -2.05. The number of benzene rings is 1. The maximum absolute atomic E-state index is 13.3. The molecule has 0 amide bonds. The Hall–Kier alpha value is -1.49. The summed E-state index contributed by atoms with van der Waals surface area (Å²) in [5, 5.41) is 3.89. The third-order valence-electron chi connectivity index (χ3n) is 2.14. The summed E-state index contributed by atoms with van der Waals surface area (Å²) in [6, 6.07) is 3.29. The molecule has 0 saturated heterocycles. The van der Waals surface area contributed by atoms with Gasteiger partial charge in [0, 0.05) is 5.56 Å². The molecule has 0 unspecified atom stereocenters. The number of halogens is 3. The second-order valence-corrected chi connectivity index (χ2v) is 3.47. The Kier molecular flexibility index (Phi) is 3.14. The lowest BCUT2D eigenvalue weighted by molar-refractivity contribution is 0.561. The van der Waals surface area contributed by atoms with Gasteiger partial charge in [0.05, 0.1) is 12.4 Å². The number of hydrogen-bond donors (Lipinski definition) is 0. The molecule has 0 N–H and O–H groups in total. The predicted molar refractivity (Wildman–Crippen MR) is 55.0 cm³/mol. The number of aromatic nitrogens is 3. The van der Waals surface area contributed by atoms with Gasteiger partial charge in [0.25, 0.3) is 0 Å². The summed E-state index contributed by atoms with van der Waals surface area (Å²) < 4.78 is 27.7. The quantitative estimate of drug-likeness (QED) is 0.775. The molecule has 1 heterocycles. The highest BCUT2D eigenvalue weighted by Gasteiger charge is 2.08. The van der Waals surface area contributed by atoms with Gasteiger partial charge in [-0.3, -0.25) is 0 Å². The van der Waals surface area contributed by atoms with Gasteiger partial charge in [-0.2, -0.15) is 5.10 Å². The van der Waals surface area contributed by atoms with Gasteiger partial charge in [-0.15, -0.1) is 11.6 Å². The number of alkyl halides is 1. The van der Waals surface area contributed by atoms with Gasteiger partial charge in [-0.25, -0.2) is 18.4 Å². The van der Waals surface area contributed by atoms with Gasteiger partial charge in [0.2, 0.25) is 0 Å². The van der Waals surface area contributed by atoms with Gasteiger partial charge in [0.1, 0.15) is 23.8 Å². The van der Waals surface area contributed by atoms with Crippen molar-refractivity contribution in [1.82, 2.24) is 14.8 Å². The van der Waals surface area contributed by atoms with Crippen molar-refractivity contribution in [2.75, 3.05) is 0 Å². The topological polar surface area (TPSA) is 30.7 Å². The Bertz CT molecular complexity index is 499. The van der Waals surface area contributed by atoms with Crippen molar-refractivity contribution in [2.45, 2.75) is 12.4 Å². The van der Waals surface area contributed by atoms with Crippen LogP contribution >= 0.6 is 11.6 Å². The van der Waals surface area contributed by atoms with Crippen LogP contribution < -0.4 is 0 Å². The molecule has 1 aromatic carbocycles. The fourth-order valence-corrected chi connectivity index (χ4v) is 1.56. The van der Waals surface area contributed by atoms with Crippen LogP contribution in [0, 0.1) is 11.6 Å². The van der Waals surface area contributed by atoms with Crippen LogP contribution in [0.1, 0.15) is 11.4 Å². The molecule has 1 aromatic heterocycles. The zero-order chi connectivity index (χ0) is 11.5. The third-order valence-corrected chi connectivity index (χ3v) is 2.38. The Morgan fingerprint density at radius 1 is 1.31 bits per heavy atom. The van der Waals surface area contributed by atoms with Crippen LogP contribution in [-0.4, -0.2) is 14.8 Å². The van der Waals surface area contributed by atoms with E-state index in [0.717, 1.165) is 18.2 Å². The maximum atomic E-state index is 13.3. The highest BCUT2D eigenvalue weighted by Crippen LogP contribution is 2.12. The molecule has 3 nitrogen and oxygen atoms in total. The van der Waals surface area contributed by atoms with Crippen molar-refractivity contribution in [2.24, 2.45) is 0 Å². The second kappa shape index (κ2) is 4.57. The van der Waals surface area contributed by atoms with Crippen molar-refractivity contribution in [1.29, 1.82) is 0 Å². The minimum absolute atomic E-state index is 0.117. The van der Waals surface area contributed by atoms with Crippen LogP contribution in [0.25, 0.3) is 0 Å². The van der Waals surface area contributed by atoms with Gasteiger partial charge in [-0.05, 0) is 18.2 Å². The zero-order valence-electron chi connectivity index (χ0n) is 8.20. The summed E-state index contributed by atoms with van der Waals surface area (Å²) >= 11 is 5.62.